The predicted octanol–water partition coefficient (Wildman–Crippen LogP) is 2.93. The normalized spacial score (nSPS) is 13.3. The molecule has 0 radical (unpaired) electrons. The lowest BCUT2D eigenvalue weighted by atomic mass is 10.2. The fourth-order valence-corrected chi connectivity index (χ4v) is 2.76. The molecule has 0 saturated heterocycles. The summed E-state index contributed by atoms with van der Waals surface area (Å²) < 4.78 is 5.53. The summed E-state index contributed by atoms with van der Waals surface area (Å²) in [4.78, 5) is 2.42. The van der Waals surface area contributed by atoms with Crippen molar-refractivity contribution < 1.29 is 9.84 Å². The van der Waals surface area contributed by atoms with Gasteiger partial charge in [-0.2, -0.15) is 0 Å². The summed E-state index contributed by atoms with van der Waals surface area (Å²) in [5, 5.41) is 13.9. The second-order valence-corrected chi connectivity index (χ2v) is 6.80. The van der Waals surface area contributed by atoms with E-state index >= 15 is 0 Å². The molecule has 4 nitrogen and oxygen atoms in total. The van der Waals surface area contributed by atoms with Crippen molar-refractivity contribution in [1.82, 2.24) is 10.2 Å². The first-order chi connectivity index (χ1) is 10.9. The van der Waals surface area contributed by atoms with E-state index in [1.807, 2.05) is 24.3 Å². The molecule has 2 N–H and O–H groups in total. The number of aliphatic hydroxyl groups is 1. The smallest absolute Gasteiger partial charge is 0.0897 e. The number of aliphatic hydroxyl groups excluding tert-OH is 1. The van der Waals surface area contributed by atoms with E-state index in [4.69, 9.17) is 16.3 Å². The second kappa shape index (κ2) is 11.0. The molecular weight excluding hydrogens is 312 g/mol. The quantitative estimate of drug-likeness (QED) is 0.607. The first kappa shape index (κ1) is 20.4. The van der Waals surface area contributed by atoms with Crippen molar-refractivity contribution in [2.45, 2.75) is 52.5 Å². The Labute approximate surface area is 145 Å². The minimum absolute atomic E-state index is 0.302. The van der Waals surface area contributed by atoms with Gasteiger partial charge in [-0.05, 0) is 39.3 Å². The van der Waals surface area contributed by atoms with E-state index in [-0.39, 0.29) is 0 Å². The molecule has 0 saturated carbocycles. The number of halogens is 1. The zero-order valence-corrected chi connectivity index (χ0v) is 15.5. The van der Waals surface area contributed by atoms with Gasteiger partial charge in [0.05, 0.1) is 19.3 Å². The van der Waals surface area contributed by atoms with Crippen LogP contribution in [-0.4, -0.2) is 54.4 Å². The summed E-state index contributed by atoms with van der Waals surface area (Å²) in [6.07, 6.45) is -0.510. The van der Waals surface area contributed by atoms with Crippen LogP contribution in [0.25, 0.3) is 0 Å². The van der Waals surface area contributed by atoms with Gasteiger partial charge in [0.25, 0.3) is 0 Å². The highest BCUT2D eigenvalue weighted by Crippen LogP contribution is 2.15. The molecule has 0 aliphatic rings. The molecule has 0 bridgehead atoms. The molecule has 0 aliphatic heterocycles. The maximum Gasteiger partial charge on any atom is 0.0897 e. The highest BCUT2D eigenvalue weighted by Gasteiger charge is 2.12. The highest BCUT2D eigenvalue weighted by atomic mass is 35.5. The molecule has 1 rings (SSSR count). The van der Waals surface area contributed by atoms with Gasteiger partial charge in [0.2, 0.25) is 0 Å². The van der Waals surface area contributed by atoms with Gasteiger partial charge in [-0.1, -0.05) is 29.8 Å². The van der Waals surface area contributed by atoms with Crippen LogP contribution in [0.5, 0.6) is 0 Å². The molecule has 0 aliphatic carbocycles. The van der Waals surface area contributed by atoms with Gasteiger partial charge in [0, 0.05) is 36.7 Å². The van der Waals surface area contributed by atoms with Crippen LogP contribution in [0.3, 0.4) is 0 Å². The third kappa shape index (κ3) is 8.13. The van der Waals surface area contributed by atoms with Crippen molar-refractivity contribution in [3.63, 3.8) is 0 Å². The van der Waals surface area contributed by atoms with Gasteiger partial charge in [0.1, 0.15) is 0 Å². The summed E-state index contributed by atoms with van der Waals surface area (Å²) in [5.74, 6) is 0. The molecule has 0 heterocycles. The van der Waals surface area contributed by atoms with Crippen LogP contribution in [0.4, 0.5) is 0 Å². The van der Waals surface area contributed by atoms with Gasteiger partial charge in [-0.25, -0.2) is 0 Å². The van der Waals surface area contributed by atoms with Crippen LogP contribution >= 0.6 is 11.6 Å². The fraction of sp³-hybridized carbons (Fsp3) is 0.667. The van der Waals surface area contributed by atoms with E-state index < -0.39 is 6.10 Å². The van der Waals surface area contributed by atoms with Crippen LogP contribution in [0.1, 0.15) is 33.3 Å². The topological polar surface area (TPSA) is 44.7 Å². The van der Waals surface area contributed by atoms with Gasteiger partial charge in [-0.3, -0.25) is 4.90 Å². The lowest BCUT2D eigenvalue weighted by Gasteiger charge is -2.30. The Kier molecular flexibility index (Phi) is 9.75. The molecule has 0 aromatic heterocycles. The van der Waals surface area contributed by atoms with Gasteiger partial charge in [0.15, 0.2) is 0 Å². The van der Waals surface area contributed by atoms with E-state index in [0.717, 1.165) is 18.7 Å². The Bertz CT molecular complexity index is 433. The van der Waals surface area contributed by atoms with E-state index in [0.29, 0.717) is 36.9 Å². The average molecular weight is 343 g/mol. The Hall–Kier alpha value is -0.650. The van der Waals surface area contributed by atoms with Crippen molar-refractivity contribution in [3.8, 4) is 0 Å². The first-order valence-electron chi connectivity index (χ1n) is 8.37. The van der Waals surface area contributed by atoms with Crippen LogP contribution in [-0.2, 0) is 11.3 Å². The number of ether oxygens (including phenoxy) is 1. The molecular formula is C18H31ClN2O2. The van der Waals surface area contributed by atoms with Crippen LogP contribution in [0.15, 0.2) is 24.3 Å². The van der Waals surface area contributed by atoms with Crippen molar-refractivity contribution in [2.24, 2.45) is 0 Å². The molecule has 0 fully saturated rings. The third-order valence-corrected chi connectivity index (χ3v) is 4.15. The van der Waals surface area contributed by atoms with Crippen LogP contribution < -0.4 is 5.32 Å². The zero-order valence-electron chi connectivity index (χ0n) is 14.8. The standard InChI is InChI=1S/C18H31ClN2O2/c1-14(2)21(15(3)4)10-9-20-11-17(22)13-23-12-16-7-5-6-8-18(16)19/h5-8,14-15,17,20,22H,9-13H2,1-4H3. The number of benzene rings is 1. The first-order valence-corrected chi connectivity index (χ1v) is 8.75. The molecule has 1 aromatic rings. The summed E-state index contributed by atoms with van der Waals surface area (Å²) in [6.45, 7) is 11.9. The average Bonchev–Trinajstić information content (AvgIpc) is 2.48. The lowest BCUT2D eigenvalue weighted by Crippen LogP contribution is -2.42. The Morgan fingerprint density at radius 1 is 1.17 bits per heavy atom. The number of hydrogen-bond donors (Lipinski definition) is 2. The molecule has 1 aromatic carbocycles. The lowest BCUT2D eigenvalue weighted by molar-refractivity contribution is 0.0284. The SMILES string of the molecule is CC(C)N(CCNCC(O)COCc1ccccc1Cl)C(C)C. The molecule has 1 unspecified atom stereocenters. The molecule has 5 heteroatoms. The van der Waals surface area contributed by atoms with Gasteiger partial charge >= 0.3 is 0 Å². The largest absolute Gasteiger partial charge is 0.389 e. The number of rotatable bonds is 11. The summed E-state index contributed by atoms with van der Waals surface area (Å²) in [7, 11) is 0. The summed E-state index contributed by atoms with van der Waals surface area (Å²) in [5.41, 5.74) is 0.943. The molecule has 0 spiro atoms. The Morgan fingerprint density at radius 2 is 1.83 bits per heavy atom. The van der Waals surface area contributed by atoms with Gasteiger partial charge in [-0.15, -0.1) is 0 Å². The second-order valence-electron chi connectivity index (χ2n) is 6.39. The molecule has 132 valence electrons. The van der Waals surface area contributed by atoms with E-state index in [1.165, 1.54) is 0 Å². The van der Waals surface area contributed by atoms with Crippen molar-refractivity contribution >= 4 is 11.6 Å². The Balaban J connectivity index is 2.15. The monoisotopic (exact) mass is 342 g/mol. The minimum Gasteiger partial charge on any atom is -0.389 e. The van der Waals surface area contributed by atoms with E-state index in [1.54, 1.807) is 0 Å². The summed E-state index contributed by atoms with van der Waals surface area (Å²) in [6, 6.07) is 8.65. The molecule has 23 heavy (non-hydrogen) atoms. The summed E-state index contributed by atoms with van der Waals surface area (Å²) >= 11 is 6.06. The number of nitrogens with one attached hydrogen (secondary N) is 1. The van der Waals surface area contributed by atoms with E-state index in [2.05, 4.69) is 37.9 Å². The Morgan fingerprint density at radius 3 is 2.43 bits per heavy atom. The van der Waals surface area contributed by atoms with Crippen molar-refractivity contribution in [1.29, 1.82) is 0 Å². The maximum atomic E-state index is 9.95. The van der Waals surface area contributed by atoms with Crippen LogP contribution in [0.2, 0.25) is 5.02 Å². The maximum absolute atomic E-state index is 9.95. The zero-order chi connectivity index (χ0) is 17.2. The highest BCUT2D eigenvalue weighted by molar-refractivity contribution is 6.31. The van der Waals surface area contributed by atoms with Crippen molar-refractivity contribution in [3.05, 3.63) is 34.9 Å². The van der Waals surface area contributed by atoms with Gasteiger partial charge < -0.3 is 15.2 Å². The number of hydrogen-bond acceptors (Lipinski definition) is 4. The van der Waals surface area contributed by atoms with Crippen molar-refractivity contribution in [2.75, 3.05) is 26.2 Å². The predicted molar refractivity (Wildman–Crippen MR) is 97.0 cm³/mol. The fourth-order valence-electron chi connectivity index (χ4n) is 2.57. The number of nitrogens with zero attached hydrogens (tertiary/aromatic N) is 1. The third-order valence-electron chi connectivity index (χ3n) is 3.78. The van der Waals surface area contributed by atoms with Crippen LogP contribution in [0, 0.1) is 0 Å². The molecule has 0 amide bonds. The minimum atomic E-state index is -0.510. The molecule has 1 atom stereocenters. The van der Waals surface area contributed by atoms with E-state index in [9.17, 15) is 5.11 Å².